The molecule has 0 spiro atoms. The SMILES string of the molecule is CCn1cc(Cl)cc1C(=O)N1CC(C)CC(N)C1. The van der Waals surface area contributed by atoms with Gasteiger partial charge >= 0.3 is 0 Å². The molecule has 0 aromatic carbocycles. The first-order valence-corrected chi connectivity index (χ1v) is 6.79. The highest BCUT2D eigenvalue weighted by Crippen LogP contribution is 2.20. The molecule has 1 aliphatic heterocycles. The van der Waals surface area contributed by atoms with E-state index in [1.807, 2.05) is 16.4 Å². The molecule has 2 rings (SSSR count). The van der Waals surface area contributed by atoms with Crippen LogP contribution in [0.1, 0.15) is 30.8 Å². The fraction of sp³-hybridized carbons (Fsp3) is 0.615. The van der Waals surface area contributed by atoms with Crippen LogP contribution < -0.4 is 5.73 Å². The van der Waals surface area contributed by atoms with Gasteiger partial charge in [0.15, 0.2) is 0 Å². The normalized spacial score (nSPS) is 24.3. The van der Waals surface area contributed by atoms with Crippen molar-refractivity contribution < 1.29 is 4.79 Å². The van der Waals surface area contributed by atoms with E-state index in [4.69, 9.17) is 17.3 Å². The number of aromatic nitrogens is 1. The van der Waals surface area contributed by atoms with E-state index in [0.29, 0.717) is 23.2 Å². The Morgan fingerprint density at radius 1 is 1.56 bits per heavy atom. The van der Waals surface area contributed by atoms with Gasteiger partial charge in [0.1, 0.15) is 5.69 Å². The monoisotopic (exact) mass is 269 g/mol. The van der Waals surface area contributed by atoms with Crippen molar-refractivity contribution in [1.82, 2.24) is 9.47 Å². The summed E-state index contributed by atoms with van der Waals surface area (Å²) in [6, 6.07) is 1.82. The Morgan fingerprint density at radius 2 is 2.28 bits per heavy atom. The van der Waals surface area contributed by atoms with Gasteiger partial charge in [0.05, 0.1) is 5.02 Å². The number of aryl methyl sites for hydroxylation is 1. The molecule has 4 nitrogen and oxygen atoms in total. The highest BCUT2D eigenvalue weighted by atomic mass is 35.5. The number of carbonyl (C=O) groups excluding carboxylic acids is 1. The summed E-state index contributed by atoms with van der Waals surface area (Å²) in [5.41, 5.74) is 6.64. The van der Waals surface area contributed by atoms with Gasteiger partial charge in [-0.15, -0.1) is 0 Å². The fourth-order valence-electron chi connectivity index (χ4n) is 2.64. The third-order valence-corrected chi connectivity index (χ3v) is 3.61. The summed E-state index contributed by atoms with van der Waals surface area (Å²) < 4.78 is 1.88. The molecular formula is C13H20ClN3O. The van der Waals surface area contributed by atoms with Gasteiger partial charge in [-0.1, -0.05) is 18.5 Å². The zero-order chi connectivity index (χ0) is 13.3. The second-order valence-electron chi connectivity index (χ2n) is 5.14. The van der Waals surface area contributed by atoms with Gasteiger partial charge in [0, 0.05) is 31.9 Å². The Morgan fingerprint density at radius 3 is 2.89 bits per heavy atom. The lowest BCUT2D eigenvalue weighted by Crippen LogP contribution is -2.49. The molecule has 2 unspecified atom stereocenters. The molecule has 0 saturated carbocycles. The van der Waals surface area contributed by atoms with Crippen LogP contribution in [0.5, 0.6) is 0 Å². The van der Waals surface area contributed by atoms with Gasteiger partial charge in [-0.05, 0) is 25.3 Å². The highest BCUT2D eigenvalue weighted by molar-refractivity contribution is 6.31. The van der Waals surface area contributed by atoms with Gasteiger partial charge < -0.3 is 15.2 Å². The molecule has 100 valence electrons. The number of hydrogen-bond donors (Lipinski definition) is 1. The van der Waals surface area contributed by atoms with Crippen molar-refractivity contribution in [3.8, 4) is 0 Å². The van der Waals surface area contributed by atoms with Crippen molar-refractivity contribution >= 4 is 17.5 Å². The number of halogens is 1. The molecule has 1 aliphatic rings. The average molecular weight is 270 g/mol. The van der Waals surface area contributed by atoms with E-state index in [9.17, 15) is 4.79 Å². The van der Waals surface area contributed by atoms with Crippen molar-refractivity contribution in [2.45, 2.75) is 32.9 Å². The molecular weight excluding hydrogens is 250 g/mol. The summed E-state index contributed by atoms with van der Waals surface area (Å²) in [5.74, 6) is 0.490. The summed E-state index contributed by atoms with van der Waals surface area (Å²) >= 11 is 5.97. The number of carbonyl (C=O) groups is 1. The lowest BCUT2D eigenvalue weighted by molar-refractivity contribution is 0.0650. The van der Waals surface area contributed by atoms with Gasteiger partial charge in [-0.3, -0.25) is 4.79 Å². The number of nitrogens with two attached hydrogens (primary N) is 1. The topological polar surface area (TPSA) is 51.3 Å². The predicted octanol–water partition coefficient (Wildman–Crippen LogP) is 1.97. The summed E-state index contributed by atoms with van der Waals surface area (Å²) in [7, 11) is 0. The van der Waals surface area contributed by atoms with E-state index in [2.05, 4.69) is 6.92 Å². The van der Waals surface area contributed by atoms with Crippen LogP contribution in [0.4, 0.5) is 0 Å². The molecule has 2 heterocycles. The lowest BCUT2D eigenvalue weighted by atomic mass is 9.96. The van der Waals surface area contributed by atoms with Crippen LogP contribution in [0.25, 0.3) is 0 Å². The standard InChI is InChI=1S/C13H20ClN3O/c1-3-16-7-10(14)5-12(16)13(18)17-6-9(2)4-11(15)8-17/h5,7,9,11H,3-4,6,8,15H2,1-2H3. The molecule has 1 amide bonds. The maximum Gasteiger partial charge on any atom is 0.270 e. The molecule has 1 aromatic rings. The smallest absolute Gasteiger partial charge is 0.270 e. The van der Waals surface area contributed by atoms with Crippen LogP contribution in [-0.2, 0) is 6.54 Å². The molecule has 1 aromatic heterocycles. The van der Waals surface area contributed by atoms with Gasteiger partial charge in [0.2, 0.25) is 0 Å². The predicted molar refractivity (Wildman–Crippen MR) is 72.8 cm³/mol. The summed E-state index contributed by atoms with van der Waals surface area (Å²) in [6.45, 7) is 6.28. The van der Waals surface area contributed by atoms with Crippen molar-refractivity contribution in [3.63, 3.8) is 0 Å². The minimum absolute atomic E-state index is 0.0331. The summed E-state index contributed by atoms with van der Waals surface area (Å²) in [5, 5.41) is 0.606. The van der Waals surface area contributed by atoms with E-state index in [-0.39, 0.29) is 11.9 Å². The Hall–Kier alpha value is -1.00. The number of rotatable bonds is 2. The van der Waals surface area contributed by atoms with Gasteiger partial charge in [0.25, 0.3) is 5.91 Å². The largest absolute Gasteiger partial charge is 0.342 e. The zero-order valence-corrected chi connectivity index (χ0v) is 11.7. The maximum atomic E-state index is 12.5. The molecule has 1 saturated heterocycles. The highest BCUT2D eigenvalue weighted by Gasteiger charge is 2.27. The first-order valence-electron chi connectivity index (χ1n) is 6.41. The summed E-state index contributed by atoms with van der Waals surface area (Å²) in [6.07, 6.45) is 2.78. The quantitative estimate of drug-likeness (QED) is 0.892. The van der Waals surface area contributed by atoms with Crippen LogP contribution in [0.3, 0.4) is 0 Å². The molecule has 0 bridgehead atoms. The minimum Gasteiger partial charge on any atom is -0.342 e. The molecule has 5 heteroatoms. The Labute approximate surface area is 113 Å². The van der Waals surface area contributed by atoms with Crippen LogP contribution in [0.15, 0.2) is 12.3 Å². The van der Waals surface area contributed by atoms with E-state index in [1.165, 1.54) is 0 Å². The van der Waals surface area contributed by atoms with Gasteiger partial charge in [-0.25, -0.2) is 0 Å². The molecule has 2 N–H and O–H groups in total. The van der Waals surface area contributed by atoms with Crippen LogP contribution in [0, 0.1) is 5.92 Å². The third kappa shape index (κ3) is 2.70. The van der Waals surface area contributed by atoms with Crippen LogP contribution >= 0.6 is 11.6 Å². The van der Waals surface area contributed by atoms with Crippen LogP contribution in [0.2, 0.25) is 5.02 Å². The van der Waals surface area contributed by atoms with E-state index >= 15 is 0 Å². The van der Waals surface area contributed by atoms with E-state index in [1.54, 1.807) is 12.3 Å². The Balaban J connectivity index is 2.19. The first-order chi connectivity index (χ1) is 8.51. The lowest BCUT2D eigenvalue weighted by Gasteiger charge is -2.34. The molecule has 18 heavy (non-hydrogen) atoms. The van der Waals surface area contributed by atoms with Crippen molar-refractivity contribution in [3.05, 3.63) is 23.0 Å². The molecule has 2 atom stereocenters. The number of amides is 1. The Kier molecular flexibility index (Phi) is 3.97. The third-order valence-electron chi connectivity index (χ3n) is 3.40. The van der Waals surface area contributed by atoms with Crippen LogP contribution in [-0.4, -0.2) is 34.5 Å². The van der Waals surface area contributed by atoms with Gasteiger partial charge in [-0.2, -0.15) is 0 Å². The van der Waals surface area contributed by atoms with Crippen molar-refractivity contribution in [2.24, 2.45) is 11.7 Å². The first kappa shape index (κ1) is 13.4. The fourth-order valence-corrected chi connectivity index (χ4v) is 2.86. The second kappa shape index (κ2) is 5.33. The number of piperidine rings is 1. The number of likely N-dealkylation sites (tertiary alicyclic amines) is 1. The van der Waals surface area contributed by atoms with E-state index < -0.39 is 0 Å². The van der Waals surface area contributed by atoms with Crippen molar-refractivity contribution in [2.75, 3.05) is 13.1 Å². The maximum absolute atomic E-state index is 12.5. The minimum atomic E-state index is 0.0331. The molecule has 0 radical (unpaired) electrons. The molecule has 0 aliphatic carbocycles. The molecule has 1 fully saturated rings. The number of nitrogens with zero attached hydrogens (tertiary/aromatic N) is 2. The summed E-state index contributed by atoms with van der Waals surface area (Å²) in [4.78, 5) is 14.3. The Bertz CT molecular complexity index is 433. The zero-order valence-electron chi connectivity index (χ0n) is 10.9. The van der Waals surface area contributed by atoms with Crippen molar-refractivity contribution in [1.29, 1.82) is 0 Å². The van der Waals surface area contributed by atoms with E-state index in [0.717, 1.165) is 19.5 Å². The number of hydrogen-bond acceptors (Lipinski definition) is 2. The second-order valence-corrected chi connectivity index (χ2v) is 5.58. The average Bonchev–Trinajstić information content (AvgIpc) is 2.68.